The molecule has 3 heterocycles. The average molecular weight is 480 g/mol. The highest BCUT2D eigenvalue weighted by molar-refractivity contribution is 6.20. The third-order valence-electron chi connectivity index (χ3n) is 6.88. The second-order valence-electron chi connectivity index (χ2n) is 9.50. The molecule has 0 aromatic heterocycles. The highest BCUT2D eigenvalue weighted by Crippen LogP contribution is 2.39. The second-order valence-corrected chi connectivity index (χ2v) is 9.50. The van der Waals surface area contributed by atoms with Gasteiger partial charge in [-0.05, 0) is 41.3 Å². The van der Waals surface area contributed by atoms with Crippen molar-refractivity contribution in [2.24, 2.45) is 5.10 Å². The zero-order chi connectivity index (χ0) is 24.7. The minimum absolute atomic E-state index is 0.0942. The van der Waals surface area contributed by atoms with Crippen LogP contribution in [-0.2, 0) is 4.79 Å². The molecule has 5 rings (SSSR count). The van der Waals surface area contributed by atoms with Gasteiger partial charge in [-0.3, -0.25) is 15.1 Å². The van der Waals surface area contributed by atoms with E-state index in [-0.39, 0.29) is 31.4 Å². The Morgan fingerprint density at radius 3 is 2.91 bits per heavy atom. The van der Waals surface area contributed by atoms with Crippen LogP contribution in [0.1, 0.15) is 23.1 Å². The molecule has 1 amide bonds. The van der Waals surface area contributed by atoms with E-state index in [0.29, 0.717) is 13.1 Å². The molecule has 4 aliphatic rings. The number of carbonyl (C=O) groups excluding carboxylic acids is 1. The first-order valence-corrected chi connectivity index (χ1v) is 11.8. The van der Waals surface area contributed by atoms with E-state index < -0.39 is 6.10 Å². The van der Waals surface area contributed by atoms with Crippen LogP contribution in [0.15, 0.2) is 52.4 Å². The fourth-order valence-electron chi connectivity index (χ4n) is 5.05. The molecule has 0 bridgehead atoms. The molecule has 1 unspecified atom stereocenters. The Balaban J connectivity index is 1.38. The Labute approximate surface area is 204 Å². The van der Waals surface area contributed by atoms with Crippen LogP contribution in [0.2, 0.25) is 0 Å². The van der Waals surface area contributed by atoms with Gasteiger partial charge in [-0.15, -0.1) is 0 Å². The highest BCUT2D eigenvalue weighted by atomic mass is 19.1. The molecular formula is C26H30FN5O3. The molecule has 0 spiro atoms. The van der Waals surface area contributed by atoms with Crippen LogP contribution in [-0.4, -0.2) is 96.1 Å². The Bertz CT molecular complexity index is 1220. The molecule has 1 aliphatic carbocycles. The van der Waals surface area contributed by atoms with Crippen molar-refractivity contribution in [3.05, 3.63) is 69.8 Å². The molecule has 9 heteroatoms. The van der Waals surface area contributed by atoms with Gasteiger partial charge in [0.2, 0.25) is 5.91 Å². The van der Waals surface area contributed by atoms with Gasteiger partial charge in [0.15, 0.2) is 0 Å². The summed E-state index contributed by atoms with van der Waals surface area (Å²) >= 11 is 0. The first kappa shape index (κ1) is 23.5. The smallest absolute Gasteiger partial charge is 0.236 e. The predicted molar refractivity (Wildman–Crippen MR) is 133 cm³/mol. The average Bonchev–Trinajstić information content (AvgIpc) is 3.17. The first-order chi connectivity index (χ1) is 16.8. The van der Waals surface area contributed by atoms with Gasteiger partial charge in [-0.25, -0.2) is 4.39 Å². The summed E-state index contributed by atoms with van der Waals surface area (Å²) in [6.45, 7) is 2.04. The number of amides is 1. The maximum Gasteiger partial charge on any atom is 0.236 e. The highest BCUT2D eigenvalue weighted by Gasteiger charge is 2.31. The summed E-state index contributed by atoms with van der Waals surface area (Å²) in [5.74, 6) is -0.363. The molecule has 0 radical (unpaired) electrons. The summed E-state index contributed by atoms with van der Waals surface area (Å²) in [7, 11) is 3.65. The number of carbonyl (C=O) groups is 1. The van der Waals surface area contributed by atoms with E-state index in [2.05, 4.69) is 26.4 Å². The van der Waals surface area contributed by atoms with Crippen molar-refractivity contribution in [3.8, 4) is 0 Å². The lowest BCUT2D eigenvalue weighted by Crippen LogP contribution is -2.43. The Morgan fingerprint density at radius 2 is 2.17 bits per heavy atom. The number of halogens is 1. The molecule has 1 atom stereocenters. The summed E-state index contributed by atoms with van der Waals surface area (Å²) in [6, 6.07) is 3.13. The van der Waals surface area contributed by atoms with E-state index >= 15 is 0 Å². The number of likely N-dealkylation sites (N-methyl/N-ethyl adjacent to an activating group) is 2. The van der Waals surface area contributed by atoms with Gasteiger partial charge >= 0.3 is 0 Å². The SMILES string of the molecule is CN1C=C2C(=C(C3=CCN(CC(=O)N(C)CC(O)CO)CC3)C1)NN=C1C=Cc3cc(F)cc2c31. The molecule has 184 valence electrons. The number of aliphatic hydroxyl groups is 2. The molecular weight excluding hydrogens is 449 g/mol. The van der Waals surface area contributed by atoms with E-state index in [1.165, 1.54) is 10.5 Å². The number of hydrazone groups is 1. The number of fused-ring (bicyclic) bond motifs is 2. The van der Waals surface area contributed by atoms with Gasteiger partial charge in [0.25, 0.3) is 0 Å². The quantitative estimate of drug-likeness (QED) is 0.567. The zero-order valence-corrected chi connectivity index (χ0v) is 20.0. The standard InChI is InChI=1S/C26H30FN5O3/c1-30-12-21(16-5-7-32(8-6-16)14-24(35)31(2)11-19(34)15-33)26-22(13-30)20-10-18(27)9-17-3-4-23(25(17)20)28-29-26/h3-5,9-10,13,19,29,33-34H,6-8,11-12,14-15H2,1-2H3. The summed E-state index contributed by atoms with van der Waals surface area (Å²) in [5.41, 5.74) is 10.9. The van der Waals surface area contributed by atoms with Crippen LogP contribution in [0.5, 0.6) is 0 Å². The van der Waals surface area contributed by atoms with Gasteiger partial charge in [0, 0.05) is 63.2 Å². The van der Waals surface area contributed by atoms with Crippen LogP contribution in [0.25, 0.3) is 11.6 Å². The summed E-state index contributed by atoms with van der Waals surface area (Å²) in [4.78, 5) is 18.1. The Hall–Kier alpha value is -3.27. The minimum atomic E-state index is -0.934. The van der Waals surface area contributed by atoms with E-state index in [1.54, 1.807) is 19.2 Å². The largest absolute Gasteiger partial charge is 0.394 e. The van der Waals surface area contributed by atoms with Crippen molar-refractivity contribution in [1.82, 2.24) is 20.1 Å². The molecule has 0 saturated carbocycles. The first-order valence-electron chi connectivity index (χ1n) is 11.8. The van der Waals surface area contributed by atoms with Gasteiger partial charge in [0.1, 0.15) is 5.82 Å². The molecule has 0 fully saturated rings. The van der Waals surface area contributed by atoms with E-state index in [4.69, 9.17) is 5.11 Å². The number of benzene rings is 1. The van der Waals surface area contributed by atoms with E-state index in [9.17, 15) is 14.3 Å². The minimum Gasteiger partial charge on any atom is -0.394 e. The van der Waals surface area contributed by atoms with Crippen molar-refractivity contribution in [2.75, 3.05) is 53.4 Å². The second kappa shape index (κ2) is 9.41. The normalized spacial score (nSPS) is 19.8. The van der Waals surface area contributed by atoms with Crippen molar-refractivity contribution in [2.45, 2.75) is 12.5 Å². The summed E-state index contributed by atoms with van der Waals surface area (Å²) in [5, 5.41) is 23.2. The fraction of sp³-hybridized carbons (Fsp3) is 0.385. The van der Waals surface area contributed by atoms with Crippen molar-refractivity contribution in [3.63, 3.8) is 0 Å². The Kier molecular flexibility index (Phi) is 6.31. The number of hydrogen-bond acceptors (Lipinski definition) is 7. The van der Waals surface area contributed by atoms with Crippen molar-refractivity contribution in [1.29, 1.82) is 0 Å². The van der Waals surface area contributed by atoms with Crippen LogP contribution < -0.4 is 5.43 Å². The third-order valence-corrected chi connectivity index (χ3v) is 6.88. The number of nitrogens with one attached hydrogen (secondary N) is 1. The number of aliphatic hydroxyl groups excluding tert-OH is 2. The number of nitrogens with zero attached hydrogens (tertiary/aromatic N) is 4. The molecule has 3 aliphatic heterocycles. The van der Waals surface area contributed by atoms with E-state index in [0.717, 1.165) is 52.2 Å². The number of allylic oxidation sites excluding steroid dienone is 2. The predicted octanol–water partition coefficient (Wildman–Crippen LogP) is 1.14. The molecule has 1 aromatic rings. The summed E-state index contributed by atoms with van der Waals surface area (Å²) < 4.78 is 14.5. The maximum absolute atomic E-state index is 14.5. The topological polar surface area (TPSA) is 91.6 Å². The van der Waals surface area contributed by atoms with Crippen LogP contribution in [0.3, 0.4) is 0 Å². The van der Waals surface area contributed by atoms with Crippen LogP contribution in [0, 0.1) is 5.82 Å². The molecule has 0 saturated heterocycles. The van der Waals surface area contributed by atoms with Crippen molar-refractivity contribution < 1.29 is 19.4 Å². The lowest BCUT2D eigenvalue weighted by Gasteiger charge is -2.33. The Morgan fingerprint density at radius 1 is 1.34 bits per heavy atom. The van der Waals surface area contributed by atoms with Gasteiger partial charge in [-0.1, -0.05) is 12.2 Å². The molecule has 3 N–H and O–H groups in total. The number of hydrogen-bond donors (Lipinski definition) is 3. The van der Waals surface area contributed by atoms with Gasteiger partial charge in [0.05, 0.1) is 30.7 Å². The molecule has 35 heavy (non-hydrogen) atoms. The third kappa shape index (κ3) is 4.54. The maximum atomic E-state index is 14.5. The van der Waals surface area contributed by atoms with Crippen LogP contribution in [0.4, 0.5) is 4.39 Å². The fourth-order valence-corrected chi connectivity index (χ4v) is 5.05. The van der Waals surface area contributed by atoms with E-state index in [1.807, 2.05) is 25.4 Å². The number of rotatable bonds is 6. The van der Waals surface area contributed by atoms with Gasteiger partial charge < -0.3 is 20.0 Å². The monoisotopic (exact) mass is 479 g/mol. The van der Waals surface area contributed by atoms with Gasteiger partial charge in [-0.2, -0.15) is 5.10 Å². The van der Waals surface area contributed by atoms with Crippen LogP contribution >= 0.6 is 0 Å². The lowest BCUT2D eigenvalue weighted by molar-refractivity contribution is -0.132. The summed E-state index contributed by atoms with van der Waals surface area (Å²) in [6.07, 6.45) is 7.84. The molecule has 1 aromatic carbocycles. The zero-order valence-electron chi connectivity index (χ0n) is 20.0. The molecule has 8 nitrogen and oxygen atoms in total. The van der Waals surface area contributed by atoms with Crippen molar-refractivity contribution >= 4 is 23.3 Å². The lowest BCUT2D eigenvalue weighted by atomic mass is 9.88.